The van der Waals surface area contributed by atoms with E-state index >= 15 is 0 Å². The minimum atomic E-state index is -3.01. The smallest absolute Gasteiger partial charge is 0.387 e. The monoisotopic (exact) mass is 352 g/mol. The molecule has 1 aliphatic heterocycles. The first-order valence-corrected chi connectivity index (χ1v) is 7.87. The molecule has 1 N–H and O–H groups in total. The number of aliphatic hydroxyl groups excluding tert-OH is 1. The van der Waals surface area contributed by atoms with Crippen LogP contribution in [0.1, 0.15) is 21.8 Å². The van der Waals surface area contributed by atoms with Crippen LogP contribution in [0.3, 0.4) is 0 Å². The van der Waals surface area contributed by atoms with Crippen LogP contribution in [-0.2, 0) is 6.42 Å². The summed E-state index contributed by atoms with van der Waals surface area (Å²) in [7, 11) is 0. The van der Waals surface area contributed by atoms with Gasteiger partial charge in [0.15, 0.2) is 0 Å². The maximum atomic E-state index is 12.7. The van der Waals surface area contributed by atoms with Gasteiger partial charge in [-0.15, -0.1) is 0 Å². The molecule has 1 fully saturated rings. The number of halogens is 2. The van der Waals surface area contributed by atoms with E-state index in [0.717, 1.165) is 5.69 Å². The van der Waals surface area contributed by atoms with Crippen LogP contribution >= 0.6 is 0 Å². The fraction of sp³-hybridized carbons (Fsp3) is 0.412. The number of hydrogen-bond donors (Lipinski definition) is 1. The van der Waals surface area contributed by atoms with E-state index in [0.29, 0.717) is 18.7 Å². The number of hydrogen-bond acceptors (Lipinski definition) is 5. The third-order valence-electron chi connectivity index (χ3n) is 4.17. The molecule has 0 spiro atoms. The molecule has 0 saturated carbocycles. The summed E-state index contributed by atoms with van der Waals surface area (Å²) in [5.74, 6) is -0.199. The van der Waals surface area contributed by atoms with Crippen molar-refractivity contribution in [2.24, 2.45) is 5.92 Å². The van der Waals surface area contributed by atoms with E-state index in [1.54, 1.807) is 19.1 Å². The summed E-state index contributed by atoms with van der Waals surface area (Å²) in [5, 5.41) is 14.0. The molecule has 0 radical (unpaired) electrons. The largest absolute Gasteiger partial charge is 0.434 e. The highest BCUT2D eigenvalue weighted by atomic mass is 19.3. The van der Waals surface area contributed by atoms with Gasteiger partial charge in [-0.1, -0.05) is 17.3 Å². The van der Waals surface area contributed by atoms with Gasteiger partial charge in [0.25, 0.3) is 5.91 Å². The molecule has 1 aliphatic rings. The van der Waals surface area contributed by atoms with Crippen LogP contribution in [0.5, 0.6) is 5.75 Å². The summed E-state index contributed by atoms with van der Waals surface area (Å²) < 4.78 is 34.6. The number of aliphatic hydroxyl groups is 1. The number of alkyl halides is 2. The molecule has 2 atom stereocenters. The SMILES string of the molecule is Cc1cc(C[C@@H]2CN(C(=O)c3ccccc3OC(F)F)C[C@@H]2O)on1. The zero-order chi connectivity index (χ0) is 18.0. The molecule has 1 aromatic carbocycles. The number of likely N-dealkylation sites (tertiary alicyclic amines) is 1. The molecule has 25 heavy (non-hydrogen) atoms. The van der Waals surface area contributed by atoms with E-state index in [4.69, 9.17) is 4.52 Å². The predicted octanol–water partition coefficient (Wildman–Crippen LogP) is 2.26. The van der Waals surface area contributed by atoms with Crippen molar-refractivity contribution in [3.8, 4) is 5.75 Å². The zero-order valence-electron chi connectivity index (χ0n) is 13.6. The molecule has 3 rings (SSSR count). The van der Waals surface area contributed by atoms with E-state index in [-0.39, 0.29) is 23.8 Å². The van der Waals surface area contributed by atoms with Gasteiger partial charge in [-0.3, -0.25) is 4.79 Å². The van der Waals surface area contributed by atoms with Crippen LogP contribution in [-0.4, -0.2) is 46.9 Å². The molecule has 2 heterocycles. The number of β-amino-alcohol motifs (C(OH)–C–C–N with tert-alkyl or cyclic N) is 1. The Hall–Kier alpha value is -2.48. The molecule has 134 valence electrons. The average Bonchev–Trinajstić information content (AvgIpc) is 3.13. The van der Waals surface area contributed by atoms with Crippen molar-refractivity contribution in [1.82, 2.24) is 10.1 Å². The van der Waals surface area contributed by atoms with Crippen LogP contribution < -0.4 is 4.74 Å². The van der Waals surface area contributed by atoms with Gasteiger partial charge in [-0.05, 0) is 19.1 Å². The highest BCUT2D eigenvalue weighted by molar-refractivity contribution is 5.97. The molecular formula is C17H18F2N2O4. The Kier molecular flexibility index (Phi) is 4.98. The molecule has 6 nitrogen and oxygen atoms in total. The molecule has 2 aromatic rings. The van der Waals surface area contributed by atoms with Crippen molar-refractivity contribution in [2.45, 2.75) is 26.1 Å². The van der Waals surface area contributed by atoms with Crippen molar-refractivity contribution < 1.29 is 27.9 Å². The lowest BCUT2D eigenvalue weighted by molar-refractivity contribution is -0.0502. The van der Waals surface area contributed by atoms with Gasteiger partial charge in [0, 0.05) is 31.5 Å². The Morgan fingerprint density at radius 1 is 1.44 bits per heavy atom. The number of nitrogens with zero attached hydrogens (tertiary/aromatic N) is 2. The van der Waals surface area contributed by atoms with Gasteiger partial charge < -0.3 is 19.3 Å². The normalized spacial score (nSPS) is 20.3. The molecule has 1 saturated heterocycles. The number of carbonyl (C=O) groups excluding carboxylic acids is 1. The number of amides is 1. The lowest BCUT2D eigenvalue weighted by atomic mass is 10.0. The molecule has 1 amide bonds. The third kappa shape index (κ3) is 3.96. The quantitative estimate of drug-likeness (QED) is 0.893. The number of carbonyl (C=O) groups is 1. The van der Waals surface area contributed by atoms with Crippen molar-refractivity contribution in [3.63, 3.8) is 0 Å². The van der Waals surface area contributed by atoms with Gasteiger partial charge in [-0.25, -0.2) is 0 Å². The summed E-state index contributed by atoms with van der Waals surface area (Å²) in [4.78, 5) is 14.1. The van der Waals surface area contributed by atoms with Gasteiger partial charge in [0.1, 0.15) is 11.5 Å². The average molecular weight is 352 g/mol. The first kappa shape index (κ1) is 17.3. The Morgan fingerprint density at radius 3 is 2.88 bits per heavy atom. The lowest BCUT2D eigenvalue weighted by Gasteiger charge is -2.18. The van der Waals surface area contributed by atoms with Crippen LogP contribution in [0.25, 0.3) is 0 Å². The summed E-state index contributed by atoms with van der Waals surface area (Å²) in [6.07, 6.45) is -0.279. The van der Waals surface area contributed by atoms with Crippen LogP contribution in [0.4, 0.5) is 8.78 Å². The standard InChI is InChI=1S/C17H18F2N2O4/c1-10-6-12(25-20-10)7-11-8-21(9-14(11)22)16(23)13-4-2-3-5-15(13)24-17(18)19/h2-6,11,14,17,22H,7-9H2,1H3/t11-,14+/m1/s1. The summed E-state index contributed by atoms with van der Waals surface area (Å²) in [6, 6.07) is 7.62. The van der Waals surface area contributed by atoms with Crippen LogP contribution in [0.15, 0.2) is 34.9 Å². The molecule has 0 unspecified atom stereocenters. The maximum Gasteiger partial charge on any atom is 0.387 e. The second-order valence-electron chi connectivity index (χ2n) is 6.05. The fourth-order valence-corrected chi connectivity index (χ4v) is 3.00. The van der Waals surface area contributed by atoms with Gasteiger partial charge in [0.2, 0.25) is 0 Å². The minimum Gasteiger partial charge on any atom is -0.434 e. The molecular weight excluding hydrogens is 334 g/mol. The predicted molar refractivity (Wildman–Crippen MR) is 83.4 cm³/mol. The van der Waals surface area contributed by atoms with Crippen molar-refractivity contribution in [3.05, 3.63) is 47.3 Å². The Bertz CT molecular complexity index is 750. The van der Waals surface area contributed by atoms with Gasteiger partial charge >= 0.3 is 6.61 Å². The van der Waals surface area contributed by atoms with E-state index < -0.39 is 18.6 Å². The summed E-state index contributed by atoms with van der Waals surface area (Å²) in [5.41, 5.74) is 0.791. The van der Waals surface area contributed by atoms with E-state index in [1.807, 2.05) is 0 Å². The first-order valence-electron chi connectivity index (χ1n) is 7.87. The summed E-state index contributed by atoms with van der Waals surface area (Å²) in [6.45, 7) is -0.795. The first-order chi connectivity index (χ1) is 11.9. The number of benzene rings is 1. The van der Waals surface area contributed by atoms with Gasteiger partial charge in [-0.2, -0.15) is 8.78 Å². The zero-order valence-corrected chi connectivity index (χ0v) is 13.6. The topological polar surface area (TPSA) is 75.8 Å². The van der Waals surface area contributed by atoms with Crippen LogP contribution in [0, 0.1) is 12.8 Å². The lowest BCUT2D eigenvalue weighted by Crippen LogP contribution is -2.30. The summed E-state index contributed by atoms with van der Waals surface area (Å²) >= 11 is 0. The number of rotatable bonds is 5. The van der Waals surface area contributed by atoms with E-state index in [9.17, 15) is 18.7 Å². The van der Waals surface area contributed by atoms with Gasteiger partial charge in [0.05, 0.1) is 17.4 Å². The van der Waals surface area contributed by atoms with Crippen molar-refractivity contribution in [2.75, 3.05) is 13.1 Å². The third-order valence-corrected chi connectivity index (χ3v) is 4.17. The minimum absolute atomic E-state index is 0.0474. The molecule has 1 aromatic heterocycles. The fourth-order valence-electron chi connectivity index (χ4n) is 3.00. The van der Waals surface area contributed by atoms with E-state index in [1.165, 1.54) is 23.1 Å². The molecule has 0 aliphatic carbocycles. The maximum absolute atomic E-state index is 12.7. The number of para-hydroxylation sites is 1. The Balaban J connectivity index is 1.71. The van der Waals surface area contributed by atoms with Crippen LogP contribution in [0.2, 0.25) is 0 Å². The highest BCUT2D eigenvalue weighted by Crippen LogP contribution is 2.27. The Labute approximate surface area is 143 Å². The second kappa shape index (κ2) is 7.18. The molecule has 8 heteroatoms. The highest BCUT2D eigenvalue weighted by Gasteiger charge is 2.36. The number of ether oxygens (including phenoxy) is 1. The van der Waals surface area contributed by atoms with Crippen molar-refractivity contribution in [1.29, 1.82) is 0 Å². The molecule has 0 bridgehead atoms. The number of aromatic nitrogens is 1. The number of aryl methyl sites for hydroxylation is 1. The van der Waals surface area contributed by atoms with E-state index in [2.05, 4.69) is 9.89 Å². The van der Waals surface area contributed by atoms with Crippen molar-refractivity contribution >= 4 is 5.91 Å². The second-order valence-corrected chi connectivity index (χ2v) is 6.05. The Morgan fingerprint density at radius 2 is 2.20 bits per heavy atom.